The van der Waals surface area contributed by atoms with Crippen LogP contribution in [-0.2, 0) is 0 Å². The smallest absolute Gasteiger partial charge is 0.0540 e. The fourth-order valence-corrected chi connectivity index (χ4v) is 5.77. The fourth-order valence-electron chi connectivity index (χ4n) is 5.77. The summed E-state index contributed by atoms with van der Waals surface area (Å²) in [4.78, 5) is 2.40. The maximum atomic E-state index is 2.40. The molecule has 1 aliphatic carbocycles. The Hall–Kier alpha value is -4.36. The predicted octanol–water partition coefficient (Wildman–Crippen LogP) is 9.07. The Labute approximate surface area is 206 Å². The van der Waals surface area contributed by atoms with E-state index in [1.165, 1.54) is 72.7 Å². The SMILES string of the molecule is Cc1ccc2c(c1)-c1cc(C)ccc1C2=C1c2ccccc2N(c2ccccc2)c2ccccc21. The largest absolute Gasteiger partial charge is 0.309 e. The molecule has 5 aromatic rings. The number of para-hydroxylation sites is 3. The van der Waals surface area contributed by atoms with E-state index >= 15 is 0 Å². The van der Waals surface area contributed by atoms with Gasteiger partial charge in [0.15, 0.2) is 0 Å². The van der Waals surface area contributed by atoms with Crippen molar-refractivity contribution < 1.29 is 0 Å². The minimum Gasteiger partial charge on any atom is -0.309 e. The van der Waals surface area contributed by atoms with Crippen molar-refractivity contribution in [2.24, 2.45) is 0 Å². The molecule has 0 bridgehead atoms. The molecular weight excluding hydrogens is 422 g/mol. The van der Waals surface area contributed by atoms with Crippen molar-refractivity contribution in [2.75, 3.05) is 4.90 Å². The Balaban J connectivity index is 1.62. The molecule has 1 heterocycles. The lowest BCUT2D eigenvalue weighted by molar-refractivity contribution is 1.24. The van der Waals surface area contributed by atoms with Crippen LogP contribution in [0.4, 0.5) is 17.1 Å². The summed E-state index contributed by atoms with van der Waals surface area (Å²) in [6, 6.07) is 42.2. The van der Waals surface area contributed by atoms with Crippen molar-refractivity contribution in [1.29, 1.82) is 0 Å². The van der Waals surface area contributed by atoms with E-state index in [9.17, 15) is 0 Å². The second-order valence-electron chi connectivity index (χ2n) is 9.55. The molecule has 0 radical (unpaired) electrons. The first kappa shape index (κ1) is 20.1. The van der Waals surface area contributed by atoms with Crippen LogP contribution in [0.1, 0.15) is 33.4 Å². The number of hydrogen-bond donors (Lipinski definition) is 0. The second-order valence-corrected chi connectivity index (χ2v) is 9.55. The molecular formula is C34H25N. The third kappa shape index (κ3) is 2.95. The molecule has 0 aromatic heterocycles. The van der Waals surface area contributed by atoms with Crippen LogP contribution in [-0.4, -0.2) is 0 Å². The van der Waals surface area contributed by atoms with E-state index < -0.39 is 0 Å². The third-order valence-electron chi connectivity index (χ3n) is 7.27. The molecule has 2 aliphatic rings. The predicted molar refractivity (Wildman–Crippen MR) is 147 cm³/mol. The molecule has 166 valence electrons. The molecule has 1 aliphatic heterocycles. The van der Waals surface area contributed by atoms with Crippen molar-refractivity contribution in [3.8, 4) is 11.1 Å². The van der Waals surface area contributed by atoms with E-state index in [1.54, 1.807) is 0 Å². The van der Waals surface area contributed by atoms with Crippen LogP contribution in [0.2, 0.25) is 0 Å². The molecule has 1 nitrogen and oxygen atoms in total. The lowest BCUT2D eigenvalue weighted by atomic mass is 9.83. The number of anilines is 3. The van der Waals surface area contributed by atoms with Gasteiger partial charge in [-0.25, -0.2) is 0 Å². The zero-order valence-corrected chi connectivity index (χ0v) is 19.9. The minimum atomic E-state index is 1.18. The Morgan fingerprint density at radius 1 is 0.400 bits per heavy atom. The van der Waals surface area contributed by atoms with Crippen molar-refractivity contribution in [3.05, 3.63) is 149 Å². The van der Waals surface area contributed by atoms with E-state index in [-0.39, 0.29) is 0 Å². The standard InChI is InChI=1S/C34H25N/c1-22-16-18-25-29(20-22)30-21-23(2)17-19-26(30)33(25)34-27-12-6-8-14-31(27)35(24-10-4-3-5-11-24)32-15-9-7-13-28(32)34/h3-21H,1-2H3. The molecule has 0 saturated carbocycles. The summed E-state index contributed by atoms with van der Waals surface area (Å²) in [6.45, 7) is 4.37. The number of aryl methyl sites for hydroxylation is 2. The molecule has 0 amide bonds. The monoisotopic (exact) mass is 447 g/mol. The summed E-state index contributed by atoms with van der Waals surface area (Å²) in [5.41, 5.74) is 16.7. The highest BCUT2D eigenvalue weighted by atomic mass is 15.2. The molecule has 0 atom stereocenters. The van der Waals surface area contributed by atoms with Gasteiger partial charge < -0.3 is 4.90 Å². The number of hydrogen-bond acceptors (Lipinski definition) is 1. The average molecular weight is 448 g/mol. The van der Waals surface area contributed by atoms with Crippen LogP contribution in [0.25, 0.3) is 22.3 Å². The highest BCUT2D eigenvalue weighted by molar-refractivity contribution is 6.18. The summed E-state index contributed by atoms with van der Waals surface area (Å²) in [5, 5.41) is 0. The van der Waals surface area contributed by atoms with E-state index in [0.717, 1.165) is 0 Å². The van der Waals surface area contributed by atoms with Gasteiger partial charge in [-0.15, -0.1) is 0 Å². The average Bonchev–Trinajstić information content (AvgIpc) is 3.20. The number of benzene rings is 5. The van der Waals surface area contributed by atoms with Crippen molar-refractivity contribution in [1.82, 2.24) is 0 Å². The maximum absolute atomic E-state index is 2.40. The van der Waals surface area contributed by atoms with Gasteiger partial charge in [-0.05, 0) is 65.9 Å². The van der Waals surface area contributed by atoms with Crippen molar-refractivity contribution >= 4 is 28.2 Å². The van der Waals surface area contributed by atoms with Gasteiger partial charge in [0.25, 0.3) is 0 Å². The fraction of sp³-hybridized carbons (Fsp3) is 0.0588. The van der Waals surface area contributed by atoms with E-state index in [4.69, 9.17) is 0 Å². The topological polar surface area (TPSA) is 3.24 Å². The third-order valence-corrected chi connectivity index (χ3v) is 7.27. The zero-order chi connectivity index (χ0) is 23.5. The second kappa shape index (κ2) is 7.58. The van der Waals surface area contributed by atoms with Gasteiger partial charge in [0.1, 0.15) is 0 Å². The first-order chi connectivity index (χ1) is 17.2. The van der Waals surface area contributed by atoms with Crippen LogP contribution >= 0.6 is 0 Å². The first-order valence-electron chi connectivity index (χ1n) is 12.2. The molecule has 7 rings (SSSR count). The van der Waals surface area contributed by atoms with Gasteiger partial charge in [0, 0.05) is 22.4 Å². The highest BCUT2D eigenvalue weighted by Gasteiger charge is 2.33. The highest BCUT2D eigenvalue weighted by Crippen LogP contribution is 2.55. The molecule has 0 saturated heterocycles. The summed E-state index contributed by atoms with van der Waals surface area (Å²) >= 11 is 0. The first-order valence-corrected chi connectivity index (χ1v) is 12.2. The van der Waals surface area contributed by atoms with Crippen LogP contribution in [0.5, 0.6) is 0 Å². The Kier molecular flexibility index (Phi) is 4.34. The number of rotatable bonds is 1. The molecule has 35 heavy (non-hydrogen) atoms. The Morgan fingerprint density at radius 2 is 0.857 bits per heavy atom. The van der Waals surface area contributed by atoms with E-state index in [1.807, 2.05) is 0 Å². The quantitative estimate of drug-likeness (QED) is 0.243. The molecule has 0 unspecified atom stereocenters. The number of fused-ring (bicyclic) bond motifs is 5. The van der Waals surface area contributed by atoms with Gasteiger partial charge in [-0.2, -0.15) is 0 Å². The number of nitrogens with zero attached hydrogens (tertiary/aromatic N) is 1. The van der Waals surface area contributed by atoms with Gasteiger partial charge in [-0.3, -0.25) is 0 Å². The van der Waals surface area contributed by atoms with E-state index in [2.05, 4.69) is 134 Å². The molecule has 0 spiro atoms. The molecule has 5 aromatic carbocycles. The molecule has 1 heteroatoms. The normalized spacial score (nSPS) is 13.3. The molecule has 0 fully saturated rings. The van der Waals surface area contributed by atoms with Crippen molar-refractivity contribution in [3.63, 3.8) is 0 Å². The van der Waals surface area contributed by atoms with Gasteiger partial charge >= 0.3 is 0 Å². The maximum Gasteiger partial charge on any atom is 0.0540 e. The Bertz CT molecular complexity index is 1550. The summed E-state index contributed by atoms with van der Waals surface area (Å²) < 4.78 is 0. The molecule has 0 N–H and O–H groups in total. The summed E-state index contributed by atoms with van der Waals surface area (Å²) in [6.07, 6.45) is 0. The van der Waals surface area contributed by atoms with Crippen LogP contribution in [0, 0.1) is 13.8 Å². The van der Waals surface area contributed by atoms with Crippen LogP contribution in [0.15, 0.2) is 115 Å². The van der Waals surface area contributed by atoms with Gasteiger partial charge in [0.05, 0.1) is 11.4 Å². The lowest BCUT2D eigenvalue weighted by Gasteiger charge is -2.35. The zero-order valence-electron chi connectivity index (χ0n) is 19.9. The van der Waals surface area contributed by atoms with E-state index in [0.29, 0.717) is 0 Å². The van der Waals surface area contributed by atoms with Crippen molar-refractivity contribution in [2.45, 2.75) is 13.8 Å². The van der Waals surface area contributed by atoms with Crippen LogP contribution < -0.4 is 4.90 Å². The summed E-state index contributed by atoms with van der Waals surface area (Å²) in [5.74, 6) is 0. The van der Waals surface area contributed by atoms with Crippen LogP contribution in [0.3, 0.4) is 0 Å². The summed E-state index contributed by atoms with van der Waals surface area (Å²) in [7, 11) is 0. The lowest BCUT2D eigenvalue weighted by Crippen LogP contribution is -2.18. The van der Waals surface area contributed by atoms with Gasteiger partial charge in [0.2, 0.25) is 0 Å². The minimum absolute atomic E-state index is 1.18. The van der Waals surface area contributed by atoms with Gasteiger partial charge in [-0.1, -0.05) is 102 Å². The Morgan fingerprint density at radius 3 is 1.40 bits per heavy atom.